The smallest absolute Gasteiger partial charge is 0.269 e. The van der Waals surface area contributed by atoms with Crippen molar-refractivity contribution in [1.82, 2.24) is 15.5 Å². The maximum Gasteiger partial charge on any atom is 0.269 e. The molecule has 0 aromatic carbocycles. The van der Waals surface area contributed by atoms with Crippen LogP contribution in [0.15, 0.2) is 41.2 Å². The summed E-state index contributed by atoms with van der Waals surface area (Å²) in [5.41, 5.74) is 2.41. The molecule has 0 spiro atoms. The minimum atomic E-state index is -0.0917. The van der Waals surface area contributed by atoms with Crippen LogP contribution in [-0.4, -0.2) is 44.3 Å². The van der Waals surface area contributed by atoms with Gasteiger partial charge in [-0.1, -0.05) is 73.0 Å². The molecular weight excluding hydrogens is 384 g/mol. The van der Waals surface area contributed by atoms with Crippen molar-refractivity contribution in [3.8, 4) is 0 Å². The van der Waals surface area contributed by atoms with Crippen molar-refractivity contribution in [3.63, 3.8) is 0 Å². The van der Waals surface area contributed by atoms with Gasteiger partial charge < -0.3 is 15.5 Å². The summed E-state index contributed by atoms with van der Waals surface area (Å²) >= 11 is 0. The number of hydrogen-bond acceptors (Lipinski definition) is 3. The lowest BCUT2D eigenvalue weighted by Gasteiger charge is -2.24. The molecule has 5 nitrogen and oxygen atoms in total. The third-order valence-electron chi connectivity index (χ3n) is 5.12. The standard InChI is InChI=1S/C26H48N4O/c1-10-13-14-16-22(12-3)19-27-20-29-23(21(4)15-11-2)24(30(8)9)25(31)28-18-17-26(5,6)7/h12,20,22H,3-4,10-11,13-19H2,1-2,5-9H3,(H,27,29)(H,28,31)/b24-23+. The van der Waals surface area contributed by atoms with E-state index in [0.29, 0.717) is 24.7 Å². The molecule has 178 valence electrons. The fourth-order valence-electron chi connectivity index (χ4n) is 3.18. The first kappa shape index (κ1) is 29.0. The Labute approximate surface area is 192 Å². The number of unbranched alkanes of at least 4 members (excludes halogenated alkanes) is 2. The van der Waals surface area contributed by atoms with Crippen LogP contribution in [0.4, 0.5) is 0 Å². The largest absolute Gasteiger partial charge is 0.372 e. The first-order valence-corrected chi connectivity index (χ1v) is 11.8. The van der Waals surface area contributed by atoms with E-state index in [0.717, 1.165) is 37.0 Å². The van der Waals surface area contributed by atoms with Crippen molar-refractivity contribution >= 4 is 12.2 Å². The van der Waals surface area contributed by atoms with Gasteiger partial charge in [-0.15, -0.1) is 6.58 Å². The molecule has 0 bridgehead atoms. The van der Waals surface area contributed by atoms with E-state index >= 15 is 0 Å². The molecule has 0 fully saturated rings. The van der Waals surface area contributed by atoms with Gasteiger partial charge in [0.1, 0.15) is 5.70 Å². The van der Waals surface area contributed by atoms with Crippen LogP contribution in [0.1, 0.15) is 79.6 Å². The maximum atomic E-state index is 13.0. The Bertz CT molecular complexity index is 611. The van der Waals surface area contributed by atoms with Crippen LogP contribution >= 0.6 is 0 Å². The van der Waals surface area contributed by atoms with Gasteiger partial charge >= 0.3 is 0 Å². The Morgan fingerprint density at radius 1 is 1.16 bits per heavy atom. The Morgan fingerprint density at radius 2 is 1.84 bits per heavy atom. The monoisotopic (exact) mass is 432 g/mol. The van der Waals surface area contributed by atoms with Crippen molar-refractivity contribution in [2.75, 3.05) is 27.2 Å². The van der Waals surface area contributed by atoms with E-state index in [4.69, 9.17) is 0 Å². The summed E-state index contributed by atoms with van der Waals surface area (Å²) in [5.74, 6) is 0.288. The summed E-state index contributed by atoms with van der Waals surface area (Å²) in [6.45, 7) is 20.4. The molecule has 2 N–H and O–H groups in total. The van der Waals surface area contributed by atoms with Gasteiger partial charge in [0.2, 0.25) is 0 Å². The van der Waals surface area contributed by atoms with E-state index in [9.17, 15) is 4.79 Å². The minimum absolute atomic E-state index is 0.0917. The zero-order valence-electron chi connectivity index (χ0n) is 21.3. The zero-order valence-corrected chi connectivity index (χ0v) is 21.3. The van der Waals surface area contributed by atoms with Gasteiger partial charge in [0, 0.05) is 27.2 Å². The van der Waals surface area contributed by atoms with Crippen LogP contribution in [0.3, 0.4) is 0 Å². The number of aliphatic imine (C=N–C) groups is 1. The topological polar surface area (TPSA) is 56.7 Å². The first-order valence-electron chi connectivity index (χ1n) is 11.8. The maximum absolute atomic E-state index is 13.0. The Morgan fingerprint density at radius 3 is 2.35 bits per heavy atom. The number of hydrogen-bond donors (Lipinski definition) is 2. The molecule has 0 aliphatic carbocycles. The highest BCUT2D eigenvalue weighted by atomic mass is 16.2. The molecule has 0 saturated heterocycles. The number of amides is 1. The second kappa shape index (κ2) is 15.7. The Balaban J connectivity index is 5.39. The molecule has 5 heteroatoms. The number of carbonyl (C=O) groups excluding carboxylic acids is 1. The number of nitrogens with one attached hydrogen (secondary N) is 2. The number of nitrogens with zero attached hydrogens (tertiary/aromatic N) is 2. The molecule has 0 rings (SSSR count). The second-order valence-corrected chi connectivity index (χ2v) is 9.67. The lowest BCUT2D eigenvalue weighted by Crippen LogP contribution is -2.36. The van der Waals surface area contributed by atoms with E-state index in [2.05, 4.69) is 63.4 Å². The molecule has 0 heterocycles. The fraction of sp³-hybridized carbons (Fsp3) is 0.692. The van der Waals surface area contributed by atoms with E-state index in [1.165, 1.54) is 19.3 Å². The normalized spacial score (nSPS) is 13.5. The molecule has 31 heavy (non-hydrogen) atoms. The first-order chi connectivity index (χ1) is 14.6. The van der Waals surface area contributed by atoms with E-state index in [1.807, 2.05) is 25.1 Å². The van der Waals surface area contributed by atoms with Crippen molar-refractivity contribution < 1.29 is 4.79 Å². The van der Waals surface area contributed by atoms with E-state index in [1.54, 1.807) is 6.34 Å². The number of rotatable bonds is 16. The number of carbonyl (C=O) groups is 1. The molecule has 0 aromatic heterocycles. The van der Waals surface area contributed by atoms with Gasteiger partial charge in [-0.2, -0.15) is 0 Å². The molecule has 0 aromatic rings. The van der Waals surface area contributed by atoms with Crippen molar-refractivity contribution in [2.45, 2.75) is 79.6 Å². The van der Waals surface area contributed by atoms with Gasteiger partial charge in [0.05, 0.1) is 12.0 Å². The van der Waals surface area contributed by atoms with Crippen LogP contribution in [0, 0.1) is 11.3 Å². The average Bonchev–Trinajstić information content (AvgIpc) is 2.67. The molecule has 1 amide bonds. The van der Waals surface area contributed by atoms with Gasteiger partial charge in [0.15, 0.2) is 0 Å². The van der Waals surface area contributed by atoms with Gasteiger partial charge in [0.25, 0.3) is 5.91 Å². The van der Waals surface area contributed by atoms with Crippen LogP contribution < -0.4 is 10.6 Å². The zero-order chi connectivity index (χ0) is 23.9. The average molecular weight is 433 g/mol. The van der Waals surface area contributed by atoms with Crippen LogP contribution in [0.5, 0.6) is 0 Å². The number of likely N-dealkylation sites (N-methyl/N-ethyl adjacent to an activating group) is 1. The highest BCUT2D eigenvalue weighted by Gasteiger charge is 2.20. The van der Waals surface area contributed by atoms with Crippen molar-refractivity contribution in [2.24, 2.45) is 16.3 Å². The highest BCUT2D eigenvalue weighted by Crippen LogP contribution is 2.19. The molecule has 1 atom stereocenters. The van der Waals surface area contributed by atoms with E-state index in [-0.39, 0.29) is 11.3 Å². The molecule has 0 aliphatic heterocycles. The van der Waals surface area contributed by atoms with Crippen LogP contribution in [-0.2, 0) is 4.79 Å². The van der Waals surface area contributed by atoms with Gasteiger partial charge in [-0.3, -0.25) is 9.79 Å². The Hall–Kier alpha value is -2.04. The Kier molecular flexibility index (Phi) is 14.7. The lowest BCUT2D eigenvalue weighted by atomic mass is 9.92. The summed E-state index contributed by atoms with van der Waals surface area (Å²) in [6.07, 6.45) is 11.2. The van der Waals surface area contributed by atoms with Gasteiger partial charge in [-0.05, 0) is 36.2 Å². The number of allylic oxidation sites excluding steroid dienone is 1. The lowest BCUT2D eigenvalue weighted by molar-refractivity contribution is -0.118. The summed E-state index contributed by atoms with van der Waals surface area (Å²) in [4.78, 5) is 19.4. The van der Waals surface area contributed by atoms with Crippen LogP contribution in [0.2, 0.25) is 0 Å². The molecule has 1 unspecified atom stereocenters. The minimum Gasteiger partial charge on any atom is -0.372 e. The fourth-order valence-corrected chi connectivity index (χ4v) is 3.18. The summed E-state index contributed by atoms with van der Waals surface area (Å²) in [5, 5.41) is 6.34. The highest BCUT2D eigenvalue weighted by molar-refractivity contribution is 5.94. The van der Waals surface area contributed by atoms with Crippen LogP contribution in [0.25, 0.3) is 0 Å². The summed E-state index contributed by atoms with van der Waals surface area (Å²) < 4.78 is 0. The van der Waals surface area contributed by atoms with Crippen molar-refractivity contribution in [1.29, 1.82) is 0 Å². The SMILES string of the molecule is C=CC(CCCCC)CN=CN/C(C(=C)CCC)=C(\C(=O)NCCC(C)(C)C)N(C)C. The predicted octanol–water partition coefficient (Wildman–Crippen LogP) is 5.67. The molecule has 0 saturated carbocycles. The van der Waals surface area contributed by atoms with Gasteiger partial charge in [-0.25, -0.2) is 0 Å². The molecule has 0 radical (unpaired) electrons. The predicted molar refractivity (Wildman–Crippen MR) is 136 cm³/mol. The second-order valence-electron chi connectivity index (χ2n) is 9.67. The van der Waals surface area contributed by atoms with Crippen molar-refractivity contribution in [3.05, 3.63) is 36.2 Å². The summed E-state index contributed by atoms with van der Waals surface area (Å²) in [6, 6.07) is 0. The quantitative estimate of drug-likeness (QED) is 0.0825. The molecular formula is C26H48N4O. The molecule has 0 aliphatic rings. The third kappa shape index (κ3) is 13.1. The third-order valence-corrected chi connectivity index (χ3v) is 5.12. The van der Waals surface area contributed by atoms with E-state index < -0.39 is 0 Å². The summed E-state index contributed by atoms with van der Waals surface area (Å²) in [7, 11) is 3.77.